The van der Waals surface area contributed by atoms with E-state index < -0.39 is 12.1 Å². The zero-order valence-electron chi connectivity index (χ0n) is 13.0. The predicted octanol–water partition coefficient (Wildman–Crippen LogP) is 3.32. The fraction of sp³-hybridized carbons (Fsp3) is 0.294. The molecule has 0 fully saturated rings. The molecule has 3 N–H and O–H groups in total. The Morgan fingerprint density at radius 1 is 1.12 bits per heavy atom. The van der Waals surface area contributed by atoms with Crippen molar-refractivity contribution in [1.82, 2.24) is 0 Å². The Labute approximate surface area is 137 Å². The van der Waals surface area contributed by atoms with E-state index in [1.807, 2.05) is 31.2 Å². The van der Waals surface area contributed by atoms with Gasteiger partial charge >= 0.3 is 12.1 Å². The molecule has 0 aliphatic rings. The first-order valence-electron chi connectivity index (χ1n) is 7.15. The number of carbonyl (C=O) groups is 2. The number of halogens is 3. The van der Waals surface area contributed by atoms with Crippen LogP contribution in [0.1, 0.15) is 18.9 Å². The molecule has 2 aromatic carbocycles. The van der Waals surface area contributed by atoms with E-state index >= 15 is 0 Å². The minimum atomic E-state index is -5.08. The third kappa shape index (κ3) is 6.37. The van der Waals surface area contributed by atoms with Crippen LogP contribution < -0.4 is 5.73 Å². The zero-order valence-corrected chi connectivity index (χ0v) is 13.0. The van der Waals surface area contributed by atoms with Gasteiger partial charge in [-0.05, 0) is 23.3 Å². The van der Waals surface area contributed by atoms with Crippen LogP contribution in [-0.4, -0.2) is 29.1 Å². The molecule has 130 valence electrons. The average molecular weight is 341 g/mol. The van der Waals surface area contributed by atoms with Crippen LogP contribution in [0.4, 0.5) is 13.2 Å². The molecule has 0 aromatic heterocycles. The van der Waals surface area contributed by atoms with E-state index in [4.69, 9.17) is 15.6 Å². The summed E-state index contributed by atoms with van der Waals surface area (Å²) in [5.74, 6) is -2.55. The van der Waals surface area contributed by atoms with Crippen LogP contribution in [0.15, 0.2) is 42.5 Å². The number of alkyl halides is 3. The lowest BCUT2D eigenvalue weighted by Gasteiger charge is -2.07. The highest BCUT2D eigenvalue weighted by Crippen LogP contribution is 2.19. The number of hydrogen-bond donors (Lipinski definition) is 2. The second-order valence-electron chi connectivity index (χ2n) is 5.34. The zero-order chi connectivity index (χ0) is 18.3. The van der Waals surface area contributed by atoms with E-state index in [9.17, 15) is 18.0 Å². The Morgan fingerprint density at radius 3 is 2.21 bits per heavy atom. The summed E-state index contributed by atoms with van der Waals surface area (Å²) in [4.78, 5) is 20.7. The van der Waals surface area contributed by atoms with Gasteiger partial charge in [0.15, 0.2) is 0 Å². The molecule has 0 amide bonds. The monoisotopic (exact) mass is 341 g/mol. The number of aliphatic carboxylic acids is 1. The van der Waals surface area contributed by atoms with E-state index in [0.29, 0.717) is 12.8 Å². The minimum absolute atomic E-state index is 0.0579. The third-order valence-electron chi connectivity index (χ3n) is 3.06. The van der Waals surface area contributed by atoms with Crippen molar-refractivity contribution in [2.75, 3.05) is 0 Å². The highest BCUT2D eigenvalue weighted by molar-refractivity contribution is 5.91. The lowest BCUT2D eigenvalue weighted by Crippen LogP contribution is -2.21. The first-order chi connectivity index (χ1) is 11.1. The molecule has 24 heavy (non-hydrogen) atoms. The lowest BCUT2D eigenvalue weighted by molar-refractivity contribution is -0.192. The summed E-state index contributed by atoms with van der Waals surface area (Å²) in [7, 11) is 0. The fourth-order valence-corrected chi connectivity index (χ4v) is 2.09. The Morgan fingerprint density at radius 2 is 1.67 bits per heavy atom. The summed E-state index contributed by atoms with van der Waals surface area (Å²) in [5, 5.41) is 9.46. The number of carbonyl (C=O) groups excluding carboxylic acids is 1. The maximum absolute atomic E-state index is 11.8. The number of ketones is 1. The molecule has 7 heteroatoms. The van der Waals surface area contributed by atoms with Crippen LogP contribution in [0.5, 0.6) is 0 Å². The van der Waals surface area contributed by atoms with Crippen LogP contribution in [0, 0.1) is 0 Å². The van der Waals surface area contributed by atoms with Gasteiger partial charge in [-0.3, -0.25) is 4.79 Å². The lowest BCUT2D eigenvalue weighted by atomic mass is 9.98. The van der Waals surface area contributed by atoms with Crippen molar-refractivity contribution in [1.29, 1.82) is 0 Å². The van der Waals surface area contributed by atoms with Crippen molar-refractivity contribution in [2.24, 2.45) is 5.73 Å². The molecule has 0 aliphatic carbocycles. The maximum atomic E-state index is 11.8. The van der Waals surface area contributed by atoms with Gasteiger partial charge in [0.1, 0.15) is 5.78 Å². The second-order valence-corrected chi connectivity index (χ2v) is 5.34. The van der Waals surface area contributed by atoms with Gasteiger partial charge in [0, 0.05) is 18.9 Å². The summed E-state index contributed by atoms with van der Waals surface area (Å²) in [5.41, 5.74) is 6.73. The van der Waals surface area contributed by atoms with Crippen LogP contribution in [0.2, 0.25) is 0 Å². The Balaban J connectivity index is 0.000000351. The molecule has 0 heterocycles. The summed E-state index contributed by atoms with van der Waals surface area (Å²) in [6.45, 7) is 1.86. The number of carboxylic acids is 1. The van der Waals surface area contributed by atoms with Gasteiger partial charge in [0.25, 0.3) is 0 Å². The van der Waals surface area contributed by atoms with Crippen molar-refractivity contribution < 1.29 is 27.9 Å². The standard InChI is InChI=1S/C15H17NO.C2HF3O2/c1-11(16)9-14(17)10-13-7-4-6-12-5-2-3-8-15(12)13;3-2(4,5)1(6)7/h2-8,11H,9-10,16H2,1H3;(H,6,7)/t11-;/m0./s1. The number of nitrogens with two attached hydrogens (primary N) is 1. The Kier molecular flexibility index (Phi) is 6.91. The molecule has 0 saturated carbocycles. The van der Waals surface area contributed by atoms with Gasteiger partial charge in [-0.25, -0.2) is 4.79 Å². The van der Waals surface area contributed by atoms with Gasteiger partial charge in [-0.2, -0.15) is 13.2 Å². The van der Waals surface area contributed by atoms with Crippen molar-refractivity contribution in [3.63, 3.8) is 0 Å². The Bertz CT molecular complexity index is 706. The minimum Gasteiger partial charge on any atom is -0.475 e. The van der Waals surface area contributed by atoms with Crippen LogP contribution >= 0.6 is 0 Å². The van der Waals surface area contributed by atoms with E-state index in [0.717, 1.165) is 10.9 Å². The van der Waals surface area contributed by atoms with Gasteiger partial charge in [0.2, 0.25) is 0 Å². The summed E-state index contributed by atoms with van der Waals surface area (Å²) >= 11 is 0. The molecule has 4 nitrogen and oxygen atoms in total. The molecule has 0 unspecified atom stereocenters. The van der Waals surface area contributed by atoms with E-state index in [1.54, 1.807) is 0 Å². The number of carboxylic acid groups (broad SMARTS) is 1. The van der Waals surface area contributed by atoms with Crippen molar-refractivity contribution in [3.8, 4) is 0 Å². The Hall–Kier alpha value is -2.41. The highest BCUT2D eigenvalue weighted by atomic mass is 19.4. The van der Waals surface area contributed by atoms with Gasteiger partial charge in [0.05, 0.1) is 0 Å². The molecule has 0 aliphatic heterocycles. The fourth-order valence-electron chi connectivity index (χ4n) is 2.09. The molecule has 0 saturated heterocycles. The van der Waals surface area contributed by atoms with Crippen LogP contribution in [0.3, 0.4) is 0 Å². The number of hydrogen-bond acceptors (Lipinski definition) is 3. The van der Waals surface area contributed by atoms with Gasteiger partial charge < -0.3 is 10.8 Å². The molecular formula is C17H18F3NO3. The number of fused-ring (bicyclic) bond motifs is 1. The van der Waals surface area contributed by atoms with Crippen LogP contribution in [0.25, 0.3) is 10.8 Å². The van der Waals surface area contributed by atoms with E-state index in [-0.39, 0.29) is 11.8 Å². The molecule has 0 spiro atoms. The maximum Gasteiger partial charge on any atom is 0.490 e. The van der Waals surface area contributed by atoms with Gasteiger partial charge in [-0.1, -0.05) is 42.5 Å². The van der Waals surface area contributed by atoms with E-state index in [1.165, 1.54) is 5.39 Å². The SMILES string of the molecule is C[C@H](N)CC(=O)Cc1cccc2ccccc12.O=C(O)C(F)(F)F. The molecule has 0 bridgehead atoms. The second kappa shape index (κ2) is 8.44. The van der Waals surface area contributed by atoms with E-state index in [2.05, 4.69) is 18.2 Å². The quantitative estimate of drug-likeness (QED) is 0.894. The normalized spacial score (nSPS) is 12.2. The summed E-state index contributed by atoms with van der Waals surface area (Å²) in [6.07, 6.45) is -4.16. The number of Topliss-reactive ketones (excluding diaryl/α,β-unsaturated/α-hetero) is 1. The van der Waals surface area contributed by atoms with Crippen molar-refractivity contribution in [2.45, 2.75) is 32.0 Å². The molecule has 2 aromatic rings. The van der Waals surface area contributed by atoms with Gasteiger partial charge in [-0.15, -0.1) is 0 Å². The highest BCUT2D eigenvalue weighted by Gasteiger charge is 2.38. The predicted molar refractivity (Wildman–Crippen MR) is 84.6 cm³/mol. The summed E-state index contributed by atoms with van der Waals surface area (Å²) in [6, 6.07) is 14.2. The molecule has 1 atom stereocenters. The molecular weight excluding hydrogens is 323 g/mol. The topological polar surface area (TPSA) is 80.4 Å². The number of benzene rings is 2. The third-order valence-corrected chi connectivity index (χ3v) is 3.06. The molecule has 2 rings (SSSR count). The van der Waals surface area contributed by atoms with Crippen molar-refractivity contribution >= 4 is 22.5 Å². The molecule has 0 radical (unpaired) electrons. The van der Waals surface area contributed by atoms with Crippen molar-refractivity contribution in [3.05, 3.63) is 48.0 Å². The first-order valence-corrected chi connectivity index (χ1v) is 7.15. The number of rotatable bonds is 4. The summed E-state index contributed by atoms with van der Waals surface area (Å²) < 4.78 is 31.7. The largest absolute Gasteiger partial charge is 0.490 e. The smallest absolute Gasteiger partial charge is 0.475 e. The average Bonchev–Trinajstić information content (AvgIpc) is 2.46. The van der Waals surface area contributed by atoms with Crippen LogP contribution in [-0.2, 0) is 16.0 Å². The first kappa shape index (κ1) is 19.6.